The first-order valence-corrected chi connectivity index (χ1v) is 15.1. The number of imide groups is 1. The summed E-state index contributed by atoms with van der Waals surface area (Å²) >= 11 is 12.9. The number of para-hydroxylation sites is 1. The molecule has 2 aliphatic heterocycles. The molecule has 2 heterocycles. The Kier molecular flexibility index (Phi) is 9.62. The van der Waals surface area contributed by atoms with Crippen molar-refractivity contribution in [2.75, 3.05) is 44.2 Å². The van der Waals surface area contributed by atoms with Crippen LogP contribution in [0, 0.1) is 0 Å². The number of hydrogen-bond acceptors (Lipinski definition) is 7. The smallest absolute Gasteiger partial charge is 0.294 e. The van der Waals surface area contributed by atoms with Crippen LogP contribution in [-0.2, 0) is 16.2 Å². The van der Waals surface area contributed by atoms with E-state index in [2.05, 4.69) is 4.90 Å². The van der Waals surface area contributed by atoms with E-state index in [0.717, 1.165) is 27.9 Å². The molecule has 0 spiro atoms. The summed E-state index contributed by atoms with van der Waals surface area (Å²) in [5.41, 5.74) is 2.62. The van der Waals surface area contributed by atoms with Crippen LogP contribution in [0.2, 0.25) is 10.0 Å². The molecule has 2 aliphatic rings. The molecule has 42 heavy (non-hydrogen) atoms. The summed E-state index contributed by atoms with van der Waals surface area (Å²) in [6.45, 7) is 4.67. The summed E-state index contributed by atoms with van der Waals surface area (Å²) < 4.78 is 11.7. The van der Waals surface area contributed by atoms with Crippen molar-refractivity contribution in [3.8, 4) is 11.5 Å². The third-order valence-electron chi connectivity index (χ3n) is 6.86. The normalized spacial score (nSPS) is 16.4. The maximum atomic E-state index is 13.1. The lowest BCUT2D eigenvalue weighted by Gasteiger charge is -2.36. The first-order chi connectivity index (χ1) is 20.3. The average Bonchev–Trinajstić information content (AvgIpc) is 3.26. The molecule has 0 bridgehead atoms. The van der Waals surface area contributed by atoms with E-state index in [1.54, 1.807) is 41.3 Å². The molecule has 0 aliphatic carbocycles. The first-order valence-electron chi connectivity index (χ1n) is 13.5. The second-order valence-corrected chi connectivity index (χ2v) is 11.5. The van der Waals surface area contributed by atoms with Crippen molar-refractivity contribution >= 4 is 63.8 Å². The summed E-state index contributed by atoms with van der Waals surface area (Å²) in [4.78, 5) is 44.0. The number of amides is 3. The van der Waals surface area contributed by atoms with Gasteiger partial charge in [-0.1, -0.05) is 53.5 Å². The minimum Gasteiger partial charge on any atom is -0.490 e. The van der Waals surface area contributed by atoms with E-state index >= 15 is 0 Å². The standard InChI is InChI=1S/C31H29Cl2N3O5S/c1-2-40-27-17-21(9-11-26(27)41-20-22-8-10-24(32)25(33)16-22)18-28-30(38)36(31(39)42-28)19-29(37)35-14-12-34(13-15-35)23-6-4-3-5-7-23/h3-11,16-18H,2,12-15,19-20H2,1H3/b28-18+. The number of hydrogen-bond donors (Lipinski definition) is 0. The van der Waals surface area contributed by atoms with E-state index in [1.165, 1.54) is 0 Å². The zero-order valence-corrected chi connectivity index (χ0v) is 25.3. The van der Waals surface area contributed by atoms with Crippen molar-refractivity contribution in [1.29, 1.82) is 0 Å². The Balaban J connectivity index is 1.21. The monoisotopic (exact) mass is 625 g/mol. The zero-order chi connectivity index (χ0) is 29.6. The molecular formula is C31H29Cl2N3O5S. The maximum Gasteiger partial charge on any atom is 0.294 e. The van der Waals surface area contributed by atoms with E-state index in [4.69, 9.17) is 32.7 Å². The molecule has 0 N–H and O–H groups in total. The lowest BCUT2D eigenvalue weighted by atomic mass is 10.1. The van der Waals surface area contributed by atoms with Crippen LogP contribution in [0.25, 0.3) is 6.08 Å². The molecule has 0 atom stereocenters. The molecule has 0 radical (unpaired) electrons. The van der Waals surface area contributed by atoms with Crippen LogP contribution < -0.4 is 14.4 Å². The van der Waals surface area contributed by atoms with Crippen molar-refractivity contribution in [1.82, 2.24) is 9.80 Å². The van der Waals surface area contributed by atoms with E-state index in [0.29, 0.717) is 59.9 Å². The van der Waals surface area contributed by atoms with Gasteiger partial charge in [0, 0.05) is 31.9 Å². The van der Waals surface area contributed by atoms with E-state index in [1.807, 2.05) is 43.3 Å². The largest absolute Gasteiger partial charge is 0.490 e. The highest BCUT2D eigenvalue weighted by Gasteiger charge is 2.37. The summed E-state index contributed by atoms with van der Waals surface area (Å²) in [5.74, 6) is 0.286. The molecule has 2 saturated heterocycles. The van der Waals surface area contributed by atoms with Gasteiger partial charge in [0.1, 0.15) is 13.2 Å². The summed E-state index contributed by atoms with van der Waals surface area (Å²) in [6, 6.07) is 20.6. The number of piperazine rings is 1. The Bertz CT molecular complexity index is 1510. The average molecular weight is 627 g/mol. The number of carbonyl (C=O) groups is 3. The van der Waals surface area contributed by atoms with Gasteiger partial charge in [-0.05, 0) is 72.3 Å². The number of thioether (sulfide) groups is 1. The Morgan fingerprint density at radius 2 is 1.67 bits per heavy atom. The number of ether oxygens (including phenoxy) is 2. The molecule has 3 aromatic rings. The predicted molar refractivity (Wildman–Crippen MR) is 166 cm³/mol. The Hall–Kier alpha value is -3.66. The van der Waals surface area contributed by atoms with Gasteiger partial charge in [-0.25, -0.2) is 0 Å². The molecule has 5 rings (SSSR count). The van der Waals surface area contributed by atoms with Crippen LogP contribution in [0.4, 0.5) is 10.5 Å². The third kappa shape index (κ3) is 7.03. The van der Waals surface area contributed by atoms with E-state index in [-0.39, 0.29) is 24.0 Å². The van der Waals surface area contributed by atoms with E-state index in [9.17, 15) is 14.4 Å². The Morgan fingerprint density at radius 1 is 0.905 bits per heavy atom. The fourth-order valence-electron chi connectivity index (χ4n) is 4.67. The van der Waals surface area contributed by atoms with Gasteiger partial charge in [-0.15, -0.1) is 0 Å². The van der Waals surface area contributed by atoms with Gasteiger partial charge in [-0.3, -0.25) is 19.3 Å². The SMILES string of the molecule is CCOc1cc(/C=C2/SC(=O)N(CC(=O)N3CCN(c4ccccc4)CC3)C2=O)ccc1OCc1ccc(Cl)c(Cl)c1. The number of benzene rings is 3. The molecule has 0 aromatic heterocycles. The van der Waals surface area contributed by atoms with Crippen LogP contribution in [0.1, 0.15) is 18.1 Å². The van der Waals surface area contributed by atoms with Crippen molar-refractivity contribution in [3.05, 3.63) is 92.8 Å². The van der Waals surface area contributed by atoms with Crippen LogP contribution in [0.5, 0.6) is 11.5 Å². The predicted octanol–water partition coefficient (Wildman–Crippen LogP) is 6.36. The van der Waals surface area contributed by atoms with Crippen molar-refractivity contribution in [3.63, 3.8) is 0 Å². The molecule has 8 nitrogen and oxygen atoms in total. The number of nitrogens with zero attached hydrogens (tertiary/aromatic N) is 3. The fourth-order valence-corrected chi connectivity index (χ4v) is 5.83. The minimum absolute atomic E-state index is 0.242. The Labute approximate surface area is 258 Å². The summed E-state index contributed by atoms with van der Waals surface area (Å²) in [5, 5.41) is 0.448. The topological polar surface area (TPSA) is 79.4 Å². The highest BCUT2D eigenvalue weighted by Crippen LogP contribution is 2.35. The molecular weight excluding hydrogens is 597 g/mol. The number of carbonyl (C=O) groups excluding carboxylic acids is 3. The molecule has 0 saturated carbocycles. The first kappa shape index (κ1) is 29.8. The van der Waals surface area contributed by atoms with E-state index < -0.39 is 11.1 Å². The molecule has 3 aromatic carbocycles. The van der Waals surface area contributed by atoms with Crippen LogP contribution >= 0.6 is 35.0 Å². The van der Waals surface area contributed by atoms with Gasteiger partial charge in [0.25, 0.3) is 11.1 Å². The van der Waals surface area contributed by atoms with Gasteiger partial charge < -0.3 is 19.3 Å². The van der Waals surface area contributed by atoms with Crippen LogP contribution in [-0.4, -0.2) is 66.2 Å². The molecule has 2 fully saturated rings. The Morgan fingerprint density at radius 3 is 2.38 bits per heavy atom. The lowest BCUT2D eigenvalue weighted by molar-refractivity contribution is -0.136. The second-order valence-electron chi connectivity index (χ2n) is 9.65. The summed E-state index contributed by atoms with van der Waals surface area (Å²) in [7, 11) is 0. The lowest BCUT2D eigenvalue weighted by Crippen LogP contribution is -2.51. The van der Waals surface area contributed by atoms with Gasteiger partial charge in [-0.2, -0.15) is 0 Å². The molecule has 11 heteroatoms. The fraction of sp³-hybridized carbons (Fsp3) is 0.258. The highest BCUT2D eigenvalue weighted by atomic mass is 35.5. The number of halogens is 2. The van der Waals surface area contributed by atoms with Gasteiger partial charge >= 0.3 is 0 Å². The second kappa shape index (κ2) is 13.5. The van der Waals surface area contributed by atoms with Crippen LogP contribution in [0.15, 0.2) is 71.6 Å². The van der Waals surface area contributed by atoms with Crippen molar-refractivity contribution in [2.45, 2.75) is 13.5 Å². The van der Waals surface area contributed by atoms with Gasteiger partial charge in [0.05, 0.1) is 21.6 Å². The maximum absolute atomic E-state index is 13.1. The van der Waals surface area contributed by atoms with Crippen molar-refractivity contribution < 1.29 is 23.9 Å². The number of rotatable bonds is 9. The molecule has 3 amide bonds. The van der Waals surface area contributed by atoms with Crippen LogP contribution in [0.3, 0.4) is 0 Å². The molecule has 0 unspecified atom stereocenters. The summed E-state index contributed by atoms with van der Waals surface area (Å²) in [6.07, 6.45) is 1.62. The number of anilines is 1. The molecule has 218 valence electrons. The van der Waals surface area contributed by atoms with Gasteiger partial charge in [0.15, 0.2) is 11.5 Å². The highest BCUT2D eigenvalue weighted by molar-refractivity contribution is 8.18. The van der Waals surface area contributed by atoms with Crippen molar-refractivity contribution in [2.24, 2.45) is 0 Å². The quantitative estimate of drug-likeness (QED) is 0.256. The zero-order valence-electron chi connectivity index (χ0n) is 22.9. The van der Waals surface area contributed by atoms with Gasteiger partial charge in [0.2, 0.25) is 5.91 Å². The minimum atomic E-state index is -0.487. The third-order valence-corrected chi connectivity index (χ3v) is 8.51.